The average molecular weight is 331 g/mol. The van der Waals surface area contributed by atoms with Crippen molar-refractivity contribution in [2.75, 3.05) is 5.73 Å². The van der Waals surface area contributed by atoms with Crippen LogP contribution in [0.2, 0.25) is 4.34 Å². The van der Waals surface area contributed by atoms with Crippen LogP contribution in [0, 0.1) is 6.92 Å². The van der Waals surface area contributed by atoms with Gasteiger partial charge in [-0.2, -0.15) is 0 Å². The topological polar surface area (TPSA) is 43.1 Å². The summed E-state index contributed by atoms with van der Waals surface area (Å²) in [6.07, 6.45) is 0. The zero-order chi connectivity index (χ0) is 12.6. The summed E-state index contributed by atoms with van der Waals surface area (Å²) in [6, 6.07) is 7.05. The van der Waals surface area contributed by atoms with Gasteiger partial charge in [-0.05, 0) is 52.7 Å². The van der Waals surface area contributed by atoms with E-state index in [1.54, 1.807) is 12.1 Å². The van der Waals surface area contributed by atoms with Gasteiger partial charge >= 0.3 is 0 Å². The summed E-state index contributed by atoms with van der Waals surface area (Å²) >= 11 is 10.5. The van der Waals surface area contributed by atoms with Crippen LogP contribution in [0.25, 0.3) is 0 Å². The van der Waals surface area contributed by atoms with E-state index in [0.717, 1.165) is 10.0 Å². The van der Waals surface area contributed by atoms with Crippen molar-refractivity contribution in [1.29, 1.82) is 0 Å². The molecule has 0 aliphatic heterocycles. The Bertz CT molecular complexity index is 554. The average Bonchev–Trinajstić information content (AvgIpc) is 2.57. The third kappa shape index (κ3) is 2.70. The quantitative estimate of drug-likeness (QED) is 0.659. The molecule has 0 atom stereocenters. The zero-order valence-corrected chi connectivity index (χ0v) is 12.1. The van der Waals surface area contributed by atoms with Crippen molar-refractivity contribution in [1.82, 2.24) is 0 Å². The van der Waals surface area contributed by atoms with Crippen LogP contribution in [0.1, 0.15) is 20.8 Å². The van der Waals surface area contributed by atoms with Gasteiger partial charge in [0, 0.05) is 15.7 Å². The van der Waals surface area contributed by atoms with Crippen molar-refractivity contribution >= 4 is 50.3 Å². The van der Waals surface area contributed by atoms with E-state index in [9.17, 15) is 4.79 Å². The minimum atomic E-state index is -0.0574. The Morgan fingerprint density at radius 1 is 1.35 bits per heavy atom. The second-order valence-corrected chi connectivity index (χ2v) is 6.20. The first-order valence-corrected chi connectivity index (χ1v) is 6.83. The Morgan fingerprint density at radius 3 is 2.59 bits per heavy atom. The lowest BCUT2D eigenvalue weighted by Crippen LogP contribution is -2.00. The molecule has 0 unspecified atom stereocenters. The monoisotopic (exact) mass is 329 g/mol. The summed E-state index contributed by atoms with van der Waals surface area (Å²) in [7, 11) is 0. The number of anilines is 1. The molecule has 0 bridgehead atoms. The number of hydrogen-bond donors (Lipinski definition) is 1. The van der Waals surface area contributed by atoms with Gasteiger partial charge < -0.3 is 5.73 Å². The molecule has 88 valence electrons. The maximum Gasteiger partial charge on any atom is 0.203 e. The highest BCUT2D eigenvalue weighted by atomic mass is 79.9. The van der Waals surface area contributed by atoms with Crippen LogP contribution in [0.15, 0.2) is 28.7 Å². The summed E-state index contributed by atoms with van der Waals surface area (Å²) in [6.45, 7) is 1.91. The molecule has 17 heavy (non-hydrogen) atoms. The van der Waals surface area contributed by atoms with Gasteiger partial charge in [-0.15, -0.1) is 11.3 Å². The Balaban J connectivity index is 2.43. The highest BCUT2D eigenvalue weighted by Gasteiger charge is 2.14. The van der Waals surface area contributed by atoms with Gasteiger partial charge in [-0.1, -0.05) is 11.6 Å². The van der Waals surface area contributed by atoms with Gasteiger partial charge in [0.1, 0.15) is 4.34 Å². The lowest BCUT2D eigenvalue weighted by atomic mass is 10.1. The van der Waals surface area contributed by atoms with Crippen molar-refractivity contribution < 1.29 is 4.79 Å². The molecule has 0 fully saturated rings. The lowest BCUT2D eigenvalue weighted by Gasteiger charge is -2.02. The van der Waals surface area contributed by atoms with E-state index in [4.69, 9.17) is 17.3 Å². The SMILES string of the molecule is Cc1cc(N)cc(C(=O)c2cc(Br)c(Cl)s2)c1. The van der Waals surface area contributed by atoms with Gasteiger partial charge in [0.25, 0.3) is 0 Å². The summed E-state index contributed by atoms with van der Waals surface area (Å²) in [5, 5.41) is 0. The van der Waals surface area contributed by atoms with E-state index in [2.05, 4.69) is 15.9 Å². The van der Waals surface area contributed by atoms with Gasteiger partial charge in [-0.25, -0.2) is 0 Å². The number of thiophene rings is 1. The van der Waals surface area contributed by atoms with Crippen LogP contribution in [0.4, 0.5) is 5.69 Å². The Hall–Kier alpha value is -0.840. The number of carbonyl (C=O) groups is 1. The summed E-state index contributed by atoms with van der Waals surface area (Å²) in [5.74, 6) is -0.0574. The largest absolute Gasteiger partial charge is 0.399 e. The van der Waals surface area contributed by atoms with Crippen LogP contribution in [-0.4, -0.2) is 5.78 Å². The molecule has 2 aromatic rings. The van der Waals surface area contributed by atoms with Crippen molar-refractivity contribution in [3.05, 3.63) is 49.1 Å². The molecular weight excluding hydrogens is 322 g/mol. The van der Waals surface area contributed by atoms with Gasteiger partial charge in [-0.3, -0.25) is 4.79 Å². The van der Waals surface area contributed by atoms with Crippen molar-refractivity contribution in [2.45, 2.75) is 6.92 Å². The number of halogens is 2. The molecule has 1 aromatic carbocycles. The third-order valence-electron chi connectivity index (χ3n) is 2.23. The molecule has 2 rings (SSSR count). The number of benzene rings is 1. The summed E-state index contributed by atoms with van der Waals surface area (Å²) in [4.78, 5) is 12.8. The lowest BCUT2D eigenvalue weighted by molar-refractivity contribution is 0.104. The van der Waals surface area contributed by atoms with E-state index < -0.39 is 0 Å². The predicted octanol–water partition coefficient (Wildman–Crippen LogP) is 4.29. The first-order valence-electron chi connectivity index (χ1n) is 4.84. The van der Waals surface area contributed by atoms with E-state index in [1.165, 1.54) is 11.3 Å². The van der Waals surface area contributed by atoms with Crippen molar-refractivity contribution in [3.8, 4) is 0 Å². The first-order chi connectivity index (χ1) is 7.97. The minimum Gasteiger partial charge on any atom is -0.399 e. The molecule has 0 spiro atoms. The molecule has 1 heterocycles. The van der Waals surface area contributed by atoms with Crippen LogP contribution >= 0.6 is 38.9 Å². The predicted molar refractivity (Wildman–Crippen MR) is 76.1 cm³/mol. The van der Waals surface area contributed by atoms with E-state index >= 15 is 0 Å². The van der Waals surface area contributed by atoms with Gasteiger partial charge in [0.15, 0.2) is 0 Å². The number of nitrogens with two attached hydrogens (primary N) is 1. The number of ketones is 1. The molecule has 2 N–H and O–H groups in total. The highest BCUT2D eigenvalue weighted by molar-refractivity contribution is 9.10. The van der Waals surface area contributed by atoms with Crippen molar-refractivity contribution in [3.63, 3.8) is 0 Å². The smallest absolute Gasteiger partial charge is 0.203 e. The molecule has 0 saturated heterocycles. The Labute approximate surface area is 117 Å². The molecule has 0 aliphatic carbocycles. The molecule has 1 aromatic heterocycles. The van der Waals surface area contributed by atoms with Crippen molar-refractivity contribution in [2.24, 2.45) is 0 Å². The fourth-order valence-corrected chi connectivity index (χ4v) is 3.21. The Kier molecular flexibility index (Phi) is 3.56. The molecule has 0 aliphatic rings. The molecule has 0 amide bonds. The fraction of sp³-hybridized carbons (Fsp3) is 0.0833. The Morgan fingerprint density at radius 2 is 2.06 bits per heavy atom. The second kappa shape index (κ2) is 4.80. The zero-order valence-electron chi connectivity index (χ0n) is 8.96. The summed E-state index contributed by atoms with van der Waals surface area (Å²) in [5.41, 5.74) is 7.88. The van der Waals surface area contributed by atoms with Crippen LogP contribution in [-0.2, 0) is 0 Å². The summed E-state index contributed by atoms with van der Waals surface area (Å²) < 4.78 is 1.32. The molecule has 0 saturated carbocycles. The van der Waals surface area contributed by atoms with E-state index in [1.807, 2.05) is 19.1 Å². The van der Waals surface area contributed by atoms with Crippen LogP contribution < -0.4 is 5.73 Å². The van der Waals surface area contributed by atoms with Gasteiger partial charge in [0.2, 0.25) is 5.78 Å². The van der Waals surface area contributed by atoms with E-state index in [0.29, 0.717) is 20.5 Å². The fourth-order valence-electron chi connectivity index (χ4n) is 1.54. The molecule has 5 heteroatoms. The maximum absolute atomic E-state index is 12.2. The maximum atomic E-state index is 12.2. The molecule has 2 nitrogen and oxygen atoms in total. The first kappa shape index (κ1) is 12.6. The number of hydrogen-bond acceptors (Lipinski definition) is 3. The molecule has 0 radical (unpaired) electrons. The normalized spacial score (nSPS) is 10.5. The second-order valence-electron chi connectivity index (χ2n) is 3.69. The number of rotatable bonds is 2. The molecular formula is C12H9BrClNOS. The van der Waals surface area contributed by atoms with E-state index in [-0.39, 0.29) is 5.78 Å². The number of nitrogen functional groups attached to an aromatic ring is 1. The van der Waals surface area contributed by atoms with Gasteiger partial charge in [0.05, 0.1) is 4.88 Å². The highest BCUT2D eigenvalue weighted by Crippen LogP contribution is 2.33. The standard InChI is InChI=1S/C12H9BrClNOS/c1-6-2-7(4-8(15)3-6)11(16)10-5-9(13)12(14)17-10/h2-5H,15H2,1H3. The number of carbonyl (C=O) groups excluding carboxylic acids is 1. The van der Waals surface area contributed by atoms with Crippen LogP contribution in [0.5, 0.6) is 0 Å². The third-order valence-corrected chi connectivity index (χ3v) is 4.70. The van der Waals surface area contributed by atoms with Crippen LogP contribution in [0.3, 0.4) is 0 Å². The minimum absolute atomic E-state index is 0.0574. The number of aryl methyl sites for hydroxylation is 1.